The van der Waals surface area contributed by atoms with Crippen LogP contribution in [0.5, 0.6) is 0 Å². The summed E-state index contributed by atoms with van der Waals surface area (Å²) in [6.45, 7) is 1.36. The van der Waals surface area contributed by atoms with Crippen LogP contribution in [0.1, 0.15) is 28.9 Å². The summed E-state index contributed by atoms with van der Waals surface area (Å²) in [5.41, 5.74) is 0.0174. The van der Waals surface area contributed by atoms with Gasteiger partial charge in [-0.25, -0.2) is 0 Å². The first-order valence-electron chi connectivity index (χ1n) is 8.38. The number of hydrogen-bond acceptors (Lipinski definition) is 2. The largest absolute Gasteiger partial charge is 0.416 e. The number of carbonyl (C=O) groups excluding carboxylic acids is 2. The highest BCUT2D eigenvalue weighted by atomic mass is 19.4. The van der Waals surface area contributed by atoms with Crippen molar-refractivity contribution in [3.05, 3.63) is 35.5 Å². The van der Waals surface area contributed by atoms with Gasteiger partial charge in [0.05, 0.1) is 12.1 Å². The van der Waals surface area contributed by atoms with E-state index in [0.717, 1.165) is 25.0 Å². The predicted octanol–water partition coefficient (Wildman–Crippen LogP) is 2.89. The molecule has 0 bridgehead atoms. The first-order valence-corrected chi connectivity index (χ1v) is 8.38. The third-order valence-electron chi connectivity index (χ3n) is 4.77. The van der Waals surface area contributed by atoms with Crippen LogP contribution in [0.3, 0.4) is 0 Å². The lowest BCUT2D eigenvalue weighted by Crippen LogP contribution is -2.40. The number of carbonyl (C=O) groups is 2. The summed E-state index contributed by atoms with van der Waals surface area (Å²) in [5.74, 6) is -0.513. The van der Waals surface area contributed by atoms with Gasteiger partial charge in [-0.05, 0) is 37.1 Å². The second kappa shape index (κ2) is 6.66. The van der Waals surface area contributed by atoms with E-state index in [-0.39, 0.29) is 18.1 Å². The molecule has 1 aromatic carbocycles. The molecule has 0 spiro atoms. The second-order valence-electron chi connectivity index (χ2n) is 6.61. The molecule has 26 heavy (non-hydrogen) atoms. The molecule has 0 saturated carbocycles. The summed E-state index contributed by atoms with van der Waals surface area (Å²) in [6.07, 6.45) is -2.50. The van der Waals surface area contributed by atoms with Gasteiger partial charge in [-0.15, -0.1) is 0 Å². The predicted molar refractivity (Wildman–Crippen MR) is 90.7 cm³/mol. The second-order valence-corrected chi connectivity index (χ2v) is 6.61. The molecule has 1 aliphatic heterocycles. The van der Waals surface area contributed by atoms with Crippen molar-refractivity contribution in [1.29, 1.82) is 0 Å². The molecule has 2 heterocycles. The smallest absolute Gasteiger partial charge is 0.341 e. The van der Waals surface area contributed by atoms with E-state index >= 15 is 0 Å². The highest BCUT2D eigenvalue weighted by molar-refractivity contribution is 6.00. The molecule has 1 aromatic heterocycles. The number of halogens is 3. The van der Waals surface area contributed by atoms with Crippen molar-refractivity contribution in [3.63, 3.8) is 0 Å². The monoisotopic (exact) mass is 367 g/mol. The fourth-order valence-corrected chi connectivity index (χ4v) is 3.27. The molecule has 1 aliphatic rings. The fourth-order valence-electron chi connectivity index (χ4n) is 3.27. The number of benzene rings is 1. The molecule has 2 aromatic rings. The average molecular weight is 367 g/mol. The van der Waals surface area contributed by atoms with Gasteiger partial charge in [0, 0.05) is 38.1 Å². The Kier molecular flexibility index (Phi) is 4.68. The lowest BCUT2D eigenvalue weighted by molar-refractivity contribution is -0.137. The zero-order valence-corrected chi connectivity index (χ0v) is 14.6. The van der Waals surface area contributed by atoms with Crippen LogP contribution >= 0.6 is 0 Å². The van der Waals surface area contributed by atoms with Crippen LogP contribution in [-0.2, 0) is 18.0 Å². The number of hydrogen-bond donors (Lipinski definition) is 0. The highest BCUT2D eigenvalue weighted by Gasteiger charge is 2.31. The van der Waals surface area contributed by atoms with Crippen molar-refractivity contribution in [2.75, 3.05) is 26.7 Å². The summed E-state index contributed by atoms with van der Waals surface area (Å²) >= 11 is 0. The molecule has 140 valence electrons. The molecule has 1 fully saturated rings. The van der Waals surface area contributed by atoms with Gasteiger partial charge in [-0.3, -0.25) is 9.59 Å². The maximum atomic E-state index is 12.9. The van der Waals surface area contributed by atoms with Crippen LogP contribution in [0.15, 0.2) is 24.3 Å². The summed E-state index contributed by atoms with van der Waals surface area (Å²) < 4.78 is 40.2. The van der Waals surface area contributed by atoms with Crippen LogP contribution in [0, 0.1) is 0 Å². The third kappa shape index (κ3) is 3.40. The molecule has 0 aliphatic carbocycles. The zero-order valence-electron chi connectivity index (χ0n) is 14.6. The van der Waals surface area contributed by atoms with Crippen molar-refractivity contribution < 1.29 is 22.8 Å². The first kappa shape index (κ1) is 18.3. The van der Waals surface area contributed by atoms with E-state index in [0.29, 0.717) is 24.0 Å². The molecule has 0 N–H and O–H groups in total. The Morgan fingerprint density at radius 2 is 1.81 bits per heavy atom. The maximum absolute atomic E-state index is 12.9. The molecular formula is C18H20F3N3O2. The van der Waals surface area contributed by atoms with E-state index < -0.39 is 17.6 Å². The van der Waals surface area contributed by atoms with Gasteiger partial charge in [-0.2, -0.15) is 13.2 Å². The quantitative estimate of drug-likeness (QED) is 0.837. The Bertz CT molecular complexity index is 851. The van der Waals surface area contributed by atoms with Crippen molar-refractivity contribution in [3.8, 4) is 0 Å². The molecule has 0 unspecified atom stereocenters. The standard InChI is InChI=1S/C18H20F3N3O2/c1-22(11-16(25)24-7-3-4-8-24)17(26)15-10-12-9-13(18(19,20)21)5-6-14(12)23(15)2/h5-6,9-10H,3-4,7-8,11H2,1-2H3. The number of amides is 2. The van der Waals surface area contributed by atoms with Gasteiger partial charge in [0.1, 0.15) is 5.69 Å². The van der Waals surface area contributed by atoms with Gasteiger partial charge in [0.15, 0.2) is 0 Å². The Labute approximate surface area is 149 Å². The maximum Gasteiger partial charge on any atom is 0.416 e. The number of likely N-dealkylation sites (tertiary alicyclic amines) is 1. The van der Waals surface area contributed by atoms with Crippen LogP contribution in [-0.4, -0.2) is 52.9 Å². The number of rotatable bonds is 3. The minimum atomic E-state index is -4.44. The number of aromatic nitrogens is 1. The normalized spacial score (nSPS) is 14.9. The van der Waals surface area contributed by atoms with Crippen LogP contribution in [0.4, 0.5) is 13.2 Å². The molecule has 2 amide bonds. The molecular weight excluding hydrogens is 347 g/mol. The average Bonchev–Trinajstić information content (AvgIpc) is 3.21. The Morgan fingerprint density at radius 1 is 1.15 bits per heavy atom. The molecule has 3 rings (SSSR count). The minimum absolute atomic E-state index is 0.0475. The molecule has 0 radical (unpaired) electrons. The number of fused-ring (bicyclic) bond motifs is 1. The van der Waals surface area contributed by atoms with Crippen molar-refractivity contribution in [2.24, 2.45) is 7.05 Å². The van der Waals surface area contributed by atoms with E-state index in [1.165, 1.54) is 24.1 Å². The Morgan fingerprint density at radius 3 is 2.42 bits per heavy atom. The summed E-state index contributed by atoms with van der Waals surface area (Å²) in [6, 6.07) is 4.81. The van der Waals surface area contributed by atoms with Gasteiger partial charge in [0.2, 0.25) is 5.91 Å². The lowest BCUT2D eigenvalue weighted by Gasteiger charge is -2.21. The summed E-state index contributed by atoms with van der Waals surface area (Å²) in [7, 11) is 3.15. The number of aryl methyl sites for hydroxylation is 1. The van der Waals surface area contributed by atoms with Crippen LogP contribution < -0.4 is 0 Å². The SMILES string of the molecule is CN(CC(=O)N1CCCC1)C(=O)c1cc2cc(C(F)(F)F)ccc2n1C. The first-order chi connectivity index (χ1) is 12.2. The number of likely N-dealkylation sites (N-methyl/N-ethyl adjacent to an activating group) is 1. The third-order valence-corrected chi connectivity index (χ3v) is 4.77. The van der Waals surface area contributed by atoms with E-state index in [2.05, 4.69) is 0 Å². The van der Waals surface area contributed by atoms with E-state index in [1.54, 1.807) is 16.5 Å². The molecule has 1 saturated heterocycles. The van der Waals surface area contributed by atoms with Crippen molar-refractivity contribution in [2.45, 2.75) is 19.0 Å². The van der Waals surface area contributed by atoms with Gasteiger partial charge in [-0.1, -0.05) is 0 Å². The lowest BCUT2D eigenvalue weighted by atomic mass is 10.1. The van der Waals surface area contributed by atoms with Gasteiger partial charge in [0.25, 0.3) is 5.91 Å². The number of nitrogens with zero attached hydrogens (tertiary/aromatic N) is 3. The number of alkyl halides is 3. The minimum Gasteiger partial charge on any atom is -0.341 e. The van der Waals surface area contributed by atoms with E-state index in [1.807, 2.05) is 0 Å². The van der Waals surface area contributed by atoms with Gasteiger partial charge >= 0.3 is 6.18 Å². The van der Waals surface area contributed by atoms with Gasteiger partial charge < -0.3 is 14.4 Å². The van der Waals surface area contributed by atoms with Crippen LogP contribution in [0.25, 0.3) is 10.9 Å². The van der Waals surface area contributed by atoms with Crippen molar-refractivity contribution in [1.82, 2.24) is 14.4 Å². The zero-order chi connectivity index (χ0) is 19.1. The Balaban J connectivity index is 1.83. The van der Waals surface area contributed by atoms with E-state index in [9.17, 15) is 22.8 Å². The topological polar surface area (TPSA) is 45.6 Å². The van der Waals surface area contributed by atoms with Crippen LogP contribution in [0.2, 0.25) is 0 Å². The molecule has 5 nitrogen and oxygen atoms in total. The fraction of sp³-hybridized carbons (Fsp3) is 0.444. The highest BCUT2D eigenvalue weighted by Crippen LogP contribution is 2.32. The molecule has 0 atom stereocenters. The molecule has 8 heteroatoms. The summed E-state index contributed by atoms with van der Waals surface area (Å²) in [5, 5.41) is 0.338. The van der Waals surface area contributed by atoms with Crippen molar-refractivity contribution >= 4 is 22.7 Å². The summed E-state index contributed by atoms with van der Waals surface area (Å²) in [4.78, 5) is 27.9. The Hall–Kier alpha value is -2.51. The van der Waals surface area contributed by atoms with E-state index in [4.69, 9.17) is 0 Å².